The Bertz CT molecular complexity index is 276. The van der Waals surface area contributed by atoms with Gasteiger partial charge in [-0.25, -0.2) is 0 Å². The SMILES string of the molecule is Nc1ccc(Cl)c2c1CCCC2. The van der Waals surface area contributed by atoms with E-state index in [1.807, 2.05) is 12.1 Å². The quantitative estimate of drug-likeness (QED) is 0.612. The molecule has 0 atom stereocenters. The Kier molecular flexibility index (Phi) is 1.97. The first kappa shape index (κ1) is 7.93. The van der Waals surface area contributed by atoms with Gasteiger partial charge in [0.1, 0.15) is 0 Å². The van der Waals surface area contributed by atoms with Crippen LogP contribution in [-0.4, -0.2) is 0 Å². The van der Waals surface area contributed by atoms with Gasteiger partial charge in [0.2, 0.25) is 0 Å². The largest absolute Gasteiger partial charge is 0.398 e. The average Bonchev–Trinajstić information content (AvgIpc) is 2.12. The van der Waals surface area contributed by atoms with E-state index in [9.17, 15) is 0 Å². The minimum Gasteiger partial charge on any atom is -0.398 e. The van der Waals surface area contributed by atoms with Crippen molar-refractivity contribution in [2.24, 2.45) is 0 Å². The predicted molar refractivity (Wildman–Crippen MR) is 52.5 cm³/mol. The predicted octanol–water partition coefficient (Wildman–Crippen LogP) is 2.80. The Morgan fingerprint density at radius 3 is 2.42 bits per heavy atom. The molecule has 1 aromatic carbocycles. The number of rotatable bonds is 0. The molecule has 1 nitrogen and oxygen atoms in total. The van der Waals surface area contributed by atoms with E-state index >= 15 is 0 Å². The van der Waals surface area contributed by atoms with Crippen LogP contribution in [0.3, 0.4) is 0 Å². The lowest BCUT2D eigenvalue weighted by atomic mass is 9.90. The molecular formula is C10H12ClN. The van der Waals surface area contributed by atoms with E-state index in [-0.39, 0.29) is 0 Å². The maximum absolute atomic E-state index is 6.06. The number of anilines is 1. The van der Waals surface area contributed by atoms with Crippen LogP contribution in [0.1, 0.15) is 24.0 Å². The topological polar surface area (TPSA) is 26.0 Å². The smallest absolute Gasteiger partial charge is 0.0442 e. The molecule has 0 spiro atoms. The Balaban J connectivity index is 2.57. The second-order valence-electron chi connectivity index (χ2n) is 3.30. The third-order valence-corrected chi connectivity index (χ3v) is 2.87. The summed E-state index contributed by atoms with van der Waals surface area (Å²) in [7, 11) is 0. The normalized spacial score (nSPS) is 15.8. The van der Waals surface area contributed by atoms with Gasteiger partial charge in [-0.2, -0.15) is 0 Å². The second kappa shape index (κ2) is 2.98. The fourth-order valence-electron chi connectivity index (χ4n) is 1.85. The third-order valence-electron chi connectivity index (χ3n) is 2.51. The molecule has 0 bridgehead atoms. The lowest BCUT2D eigenvalue weighted by Gasteiger charge is -2.18. The van der Waals surface area contributed by atoms with Gasteiger partial charge in [-0.1, -0.05) is 11.6 Å². The molecule has 0 radical (unpaired) electrons. The molecule has 0 unspecified atom stereocenters. The first-order valence-corrected chi connectivity index (χ1v) is 4.72. The van der Waals surface area contributed by atoms with Crippen LogP contribution in [0.2, 0.25) is 5.02 Å². The van der Waals surface area contributed by atoms with Crippen LogP contribution < -0.4 is 5.73 Å². The van der Waals surface area contributed by atoms with Crippen LogP contribution in [0.5, 0.6) is 0 Å². The van der Waals surface area contributed by atoms with Gasteiger partial charge in [0.25, 0.3) is 0 Å². The van der Waals surface area contributed by atoms with Crippen LogP contribution in [0.25, 0.3) is 0 Å². The van der Waals surface area contributed by atoms with Crippen LogP contribution in [-0.2, 0) is 12.8 Å². The van der Waals surface area contributed by atoms with Gasteiger partial charge in [0.15, 0.2) is 0 Å². The molecule has 2 N–H and O–H groups in total. The van der Waals surface area contributed by atoms with E-state index in [2.05, 4.69) is 0 Å². The standard InChI is InChI=1S/C10H12ClN/c11-9-5-6-10(12)8-4-2-1-3-7(8)9/h5-6H,1-4,12H2. The fourth-order valence-corrected chi connectivity index (χ4v) is 2.12. The van der Waals surface area contributed by atoms with E-state index in [0.29, 0.717) is 0 Å². The van der Waals surface area contributed by atoms with Gasteiger partial charge in [0, 0.05) is 10.7 Å². The number of benzene rings is 1. The summed E-state index contributed by atoms with van der Waals surface area (Å²) < 4.78 is 0. The Hall–Kier alpha value is -0.690. The first-order chi connectivity index (χ1) is 5.79. The van der Waals surface area contributed by atoms with Crippen molar-refractivity contribution in [1.29, 1.82) is 0 Å². The van der Waals surface area contributed by atoms with E-state index in [1.54, 1.807) is 0 Å². The summed E-state index contributed by atoms with van der Waals surface area (Å²) in [5, 5.41) is 0.888. The van der Waals surface area contributed by atoms with Gasteiger partial charge >= 0.3 is 0 Å². The van der Waals surface area contributed by atoms with Crippen molar-refractivity contribution in [2.75, 3.05) is 5.73 Å². The highest BCUT2D eigenvalue weighted by molar-refractivity contribution is 6.31. The van der Waals surface area contributed by atoms with Gasteiger partial charge in [-0.05, 0) is 48.9 Å². The van der Waals surface area contributed by atoms with Crippen LogP contribution in [0.15, 0.2) is 12.1 Å². The van der Waals surface area contributed by atoms with Crippen LogP contribution in [0, 0.1) is 0 Å². The highest BCUT2D eigenvalue weighted by Gasteiger charge is 2.14. The molecule has 1 aliphatic rings. The lowest BCUT2D eigenvalue weighted by Crippen LogP contribution is -2.06. The number of fused-ring (bicyclic) bond motifs is 1. The van der Waals surface area contributed by atoms with Crippen molar-refractivity contribution in [1.82, 2.24) is 0 Å². The number of nitrogen functional groups attached to an aromatic ring is 1. The van der Waals surface area contributed by atoms with E-state index in [4.69, 9.17) is 17.3 Å². The van der Waals surface area contributed by atoms with Crippen molar-refractivity contribution in [2.45, 2.75) is 25.7 Å². The van der Waals surface area contributed by atoms with E-state index < -0.39 is 0 Å². The monoisotopic (exact) mass is 181 g/mol. The van der Waals surface area contributed by atoms with Crippen molar-refractivity contribution >= 4 is 17.3 Å². The van der Waals surface area contributed by atoms with E-state index in [0.717, 1.165) is 23.6 Å². The van der Waals surface area contributed by atoms with Gasteiger partial charge in [0.05, 0.1) is 0 Å². The van der Waals surface area contributed by atoms with Crippen molar-refractivity contribution in [3.8, 4) is 0 Å². The Morgan fingerprint density at radius 1 is 1.08 bits per heavy atom. The molecule has 0 aromatic heterocycles. The number of hydrogen-bond acceptors (Lipinski definition) is 1. The molecular weight excluding hydrogens is 170 g/mol. The highest BCUT2D eigenvalue weighted by atomic mass is 35.5. The summed E-state index contributed by atoms with van der Waals surface area (Å²) in [6.07, 6.45) is 4.69. The van der Waals surface area contributed by atoms with Gasteiger partial charge in [-0.3, -0.25) is 0 Å². The molecule has 64 valence electrons. The summed E-state index contributed by atoms with van der Waals surface area (Å²) in [5.41, 5.74) is 9.33. The number of nitrogens with two attached hydrogens (primary N) is 1. The van der Waals surface area contributed by atoms with Gasteiger partial charge < -0.3 is 5.73 Å². The zero-order valence-corrected chi connectivity index (χ0v) is 7.69. The molecule has 0 saturated carbocycles. The summed E-state index contributed by atoms with van der Waals surface area (Å²) in [6, 6.07) is 3.81. The lowest BCUT2D eigenvalue weighted by molar-refractivity contribution is 0.687. The molecule has 0 fully saturated rings. The van der Waals surface area contributed by atoms with E-state index in [1.165, 1.54) is 24.0 Å². The maximum Gasteiger partial charge on any atom is 0.0442 e. The summed E-state index contributed by atoms with van der Waals surface area (Å²) in [5.74, 6) is 0. The molecule has 0 amide bonds. The summed E-state index contributed by atoms with van der Waals surface area (Å²) >= 11 is 6.06. The number of halogens is 1. The average molecular weight is 182 g/mol. The zero-order chi connectivity index (χ0) is 8.55. The number of hydrogen-bond donors (Lipinski definition) is 1. The Morgan fingerprint density at radius 2 is 1.75 bits per heavy atom. The fraction of sp³-hybridized carbons (Fsp3) is 0.400. The zero-order valence-electron chi connectivity index (χ0n) is 6.94. The first-order valence-electron chi connectivity index (χ1n) is 4.35. The van der Waals surface area contributed by atoms with Crippen LogP contribution in [0.4, 0.5) is 5.69 Å². The third kappa shape index (κ3) is 1.18. The minimum absolute atomic E-state index is 0.888. The molecule has 1 aliphatic carbocycles. The molecule has 0 heterocycles. The molecule has 12 heavy (non-hydrogen) atoms. The Labute approximate surface area is 77.5 Å². The minimum atomic E-state index is 0.888. The summed E-state index contributed by atoms with van der Waals surface area (Å²) in [6.45, 7) is 0. The summed E-state index contributed by atoms with van der Waals surface area (Å²) in [4.78, 5) is 0. The molecule has 0 aliphatic heterocycles. The van der Waals surface area contributed by atoms with Gasteiger partial charge in [-0.15, -0.1) is 0 Å². The second-order valence-corrected chi connectivity index (χ2v) is 3.71. The van der Waals surface area contributed by atoms with Crippen LogP contribution >= 0.6 is 11.6 Å². The molecule has 2 heteroatoms. The maximum atomic E-state index is 6.06. The molecule has 1 aromatic rings. The van der Waals surface area contributed by atoms with Crippen molar-refractivity contribution in [3.63, 3.8) is 0 Å². The van der Waals surface area contributed by atoms with Crippen molar-refractivity contribution < 1.29 is 0 Å². The van der Waals surface area contributed by atoms with Crippen molar-refractivity contribution in [3.05, 3.63) is 28.3 Å². The molecule has 2 rings (SSSR count). The molecule has 0 saturated heterocycles. The highest BCUT2D eigenvalue weighted by Crippen LogP contribution is 2.31.